The lowest BCUT2D eigenvalue weighted by Gasteiger charge is -2.30. The minimum Gasteiger partial charge on any atom is -0.388 e. The van der Waals surface area contributed by atoms with Crippen molar-refractivity contribution in [3.8, 4) is 0 Å². The van der Waals surface area contributed by atoms with Gasteiger partial charge in [0, 0.05) is 0 Å². The molecule has 1 saturated carbocycles. The van der Waals surface area contributed by atoms with Gasteiger partial charge >= 0.3 is 0 Å². The second-order valence-corrected chi connectivity index (χ2v) is 5.28. The van der Waals surface area contributed by atoms with Gasteiger partial charge in [0.2, 0.25) is 0 Å². The average Bonchev–Trinajstić information content (AvgIpc) is 2.34. The molecule has 0 bridgehead atoms. The van der Waals surface area contributed by atoms with E-state index in [1.165, 1.54) is 0 Å². The summed E-state index contributed by atoms with van der Waals surface area (Å²) in [5, 5.41) is 10.1. The summed E-state index contributed by atoms with van der Waals surface area (Å²) in [6, 6.07) is 1.78. The van der Waals surface area contributed by atoms with Crippen molar-refractivity contribution in [2.24, 2.45) is 11.8 Å². The fourth-order valence-corrected chi connectivity index (χ4v) is 2.79. The van der Waals surface area contributed by atoms with Crippen molar-refractivity contribution in [3.05, 3.63) is 35.1 Å². The first-order valence-corrected chi connectivity index (χ1v) is 6.31. The smallest absolute Gasteiger partial charge is 0.194 e. The fraction of sp³-hybridized carbons (Fsp3) is 0.571. The monoisotopic (exact) mass is 258 g/mol. The van der Waals surface area contributed by atoms with E-state index in [1.807, 2.05) is 0 Å². The number of aliphatic hydroxyl groups excluding tert-OH is 1. The van der Waals surface area contributed by atoms with Crippen molar-refractivity contribution in [3.63, 3.8) is 0 Å². The van der Waals surface area contributed by atoms with Gasteiger partial charge in [-0.05, 0) is 42.4 Å². The van der Waals surface area contributed by atoms with Crippen molar-refractivity contribution in [1.29, 1.82) is 0 Å². The van der Waals surface area contributed by atoms with Gasteiger partial charge in [-0.25, -0.2) is 13.2 Å². The predicted molar refractivity (Wildman–Crippen MR) is 62.4 cm³/mol. The largest absolute Gasteiger partial charge is 0.388 e. The molecule has 0 amide bonds. The van der Waals surface area contributed by atoms with Crippen LogP contribution < -0.4 is 0 Å². The molecule has 0 radical (unpaired) electrons. The van der Waals surface area contributed by atoms with Crippen LogP contribution in [0.4, 0.5) is 13.2 Å². The van der Waals surface area contributed by atoms with Crippen LogP contribution in [-0.4, -0.2) is 5.11 Å². The molecule has 1 aliphatic carbocycles. The van der Waals surface area contributed by atoms with Gasteiger partial charge < -0.3 is 5.11 Å². The number of hydrogen-bond acceptors (Lipinski definition) is 1. The fourth-order valence-electron chi connectivity index (χ4n) is 2.79. The lowest BCUT2D eigenvalue weighted by molar-refractivity contribution is 0.0707. The van der Waals surface area contributed by atoms with Crippen molar-refractivity contribution in [2.45, 2.75) is 38.7 Å². The Balaban J connectivity index is 2.20. The normalized spacial score (nSPS) is 26.1. The minimum absolute atomic E-state index is 0.00184. The van der Waals surface area contributed by atoms with Gasteiger partial charge in [-0.3, -0.25) is 0 Å². The Labute approximate surface area is 105 Å². The molecule has 0 spiro atoms. The summed E-state index contributed by atoms with van der Waals surface area (Å²) in [6.45, 7) is 2.10. The van der Waals surface area contributed by atoms with E-state index in [9.17, 15) is 18.3 Å². The molecular formula is C14H17F3O. The minimum atomic E-state index is -1.48. The van der Waals surface area contributed by atoms with Gasteiger partial charge in [0.25, 0.3) is 0 Å². The molecule has 1 fully saturated rings. The first kappa shape index (κ1) is 13.4. The number of aliphatic hydroxyl groups is 1. The second-order valence-electron chi connectivity index (χ2n) is 5.28. The van der Waals surface area contributed by atoms with Crippen LogP contribution in [0, 0.1) is 29.3 Å². The molecule has 18 heavy (non-hydrogen) atoms. The van der Waals surface area contributed by atoms with Gasteiger partial charge in [-0.15, -0.1) is 0 Å². The van der Waals surface area contributed by atoms with Crippen LogP contribution in [0.2, 0.25) is 0 Å². The van der Waals surface area contributed by atoms with E-state index in [0.717, 1.165) is 37.8 Å². The zero-order valence-electron chi connectivity index (χ0n) is 10.3. The van der Waals surface area contributed by atoms with Crippen LogP contribution in [0.3, 0.4) is 0 Å². The Morgan fingerprint density at radius 3 is 2.33 bits per heavy atom. The number of hydrogen-bond donors (Lipinski definition) is 1. The van der Waals surface area contributed by atoms with Crippen molar-refractivity contribution >= 4 is 0 Å². The molecular weight excluding hydrogens is 241 g/mol. The highest BCUT2D eigenvalue weighted by molar-refractivity contribution is 5.22. The maximum absolute atomic E-state index is 13.1. The molecule has 0 aliphatic heterocycles. The Morgan fingerprint density at radius 2 is 1.78 bits per heavy atom. The molecule has 100 valence electrons. The van der Waals surface area contributed by atoms with Gasteiger partial charge in [-0.2, -0.15) is 0 Å². The average molecular weight is 258 g/mol. The SMILES string of the molecule is CC1CCCC(C(O)c2cc(F)c(F)c(F)c2)C1. The van der Waals surface area contributed by atoms with E-state index in [1.54, 1.807) is 0 Å². The van der Waals surface area contributed by atoms with Crippen LogP contribution in [0.25, 0.3) is 0 Å². The molecule has 1 N–H and O–H groups in total. The highest BCUT2D eigenvalue weighted by atomic mass is 19.2. The van der Waals surface area contributed by atoms with Gasteiger partial charge in [0.05, 0.1) is 6.10 Å². The second kappa shape index (κ2) is 5.31. The Morgan fingerprint density at radius 1 is 1.17 bits per heavy atom. The van der Waals surface area contributed by atoms with E-state index in [2.05, 4.69) is 6.92 Å². The molecule has 1 aromatic carbocycles. The van der Waals surface area contributed by atoms with E-state index >= 15 is 0 Å². The number of benzene rings is 1. The third-order valence-electron chi connectivity index (χ3n) is 3.77. The molecule has 4 heteroatoms. The summed E-state index contributed by atoms with van der Waals surface area (Å²) in [5.74, 6) is -3.46. The van der Waals surface area contributed by atoms with E-state index in [0.29, 0.717) is 5.92 Å². The summed E-state index contributed by atoms with van der Waals surface area (Å²) in [6.07, 6.45) is 2.88. The van der Waals surface area contributed by atoms with Crippen molar-refractivity contribution in [1.82, 2.24) is 0 Å². The molecule has 3 atom stereocenters. The highest BCUT2D eigenvalue weighted by Crippen LogP contribution is 2.37. The van der Waals surface area contributed by atoms with E-state index in [-0.39, 0.29) is 11.5 Å². The third kappa shape index (κ3) is 2.69. The predicted octanol–water partition coefficient (Wildman–Crippen LogP) is 3.96. The summed E-state index contributed by atoms with van der Waals surface area (Å²) in [5.41, 5.74) is 0.130. The Kier molecular flexibility index (Phi) is 3.95. The van der Waals surface area contributed by atoms with Crippen LogP contribution in [0.1, 0.15) is 44.3 Å². The zero-order valence-corrected chi connectivity index (χ0v) is 10.3. The lowest BCUT2D eigenvalue weighted by atomic mass is 9.78. The maximum atomic E-state index is 13.1. The van der Waals surface area contributed by atoms with E-state index in [4.69, 9.17) is 0 Å². The standard InChI is InChI=1S/C14H17F3O/c1-8-3-2-4-9(5-8)14(18)10-6-11(15)13(17)12(16)7-10/h6-9,14,18H,2-5H2,1H3. The molecule has 3 unspecified atom stereocenters. The summed E-state index contributed by atoms with van der Waals surface area (Å²) < 4.78 is 39.1. The number of rotatable bonds is 2. The molecule has 0 saturated heterocycles. The topological polar surface area (TPSA) is 20.2 Å². The quantitative estimate of drug-likeness (QED) is 0.796. The molecule has 1 nitrogen and oxygen atoms in total. The zero-order chi connectivity index (χ0) is 13.3. The van der Waals surface area contributed by atoms with Crippen LogP contribution in [-0.2, 0) is 0 Å². The highest BCUT2D eigenvalue weighted by Gasteiger charge is 2.27. The van der Waals surface area contributed by atoms with Crippen molar-refractivity contribution in [2.75, 3.05) is 0 Å². The molecule has 0 heterocycles. The third-order valence-corrected chi connectivity index (χ3v) is 3.77. The maximum Gasteiger partial charge on any atom is 0.194 e. The Bertz CT molecular complexity index is 410. The van der Waals surface area contributed by atoms with Crippen molar-refractivity contribution < 1.29 is 18.3 Å². The number of halogens is 3. The molecule has 1 aliphatic rings. The molecule has 2 rings (SSSR count). The lowest BCUT2D eigenvalue weighted by Crippen LogP contribution is -2.20. The molecule has 1 aromatic rings. The van der Waals surface area contributed by atoms with Gasteiger partial charge in [0.15, 0.2) is 17.5 Å². The van der Waals surface area contributed by atoms with Gasteiger partial charge in [-0.1, -0.05) is 19.8 Å². The summed E-state index contributed by atoms with van der Waals surface area (Å²) in [7, 11) is 0. The first-order valence-electron chi connectivity index (χ1n) is 6.31. The van der Waals surface area contributed by atoms with Gasteiger partial charge in [0.1, 0.15) is 0 Å². The first-order chi connectivity index (χ1) is 8.49. The van der Waals surface area contributed by atoms with Crippen LogP contribution in [0.15, 0.2) is 12.1 Å². The summed E-state index contributed by atoms with van der Waals surface area (Å²) >= 11 is 0. The van der Waals surface area contributed by atoms with Crippen LogP contribution in [0.5, 0.6) is 0 Å². The molecule has 0 aromatic heterocycles. The summed E-state index contributed by atoms with van der Waals surface area (Å²) in [4.78, 5) is 0. The van der Waals surface area contributed by atoms with E-state index < -0.39 is 23.6 Å². The Hall–Kier alpha value is -1.03. The van der Waals surface area contributed by atoms with Crippen LogP contribution >= 0.6 is 0 Å².